The first-order valence-corrected chi connectivity index (χ1v) is 10.1. The SMILES string of the molecule is C[C@H](NS(=O)(=O)c1ccc2c(c1)CCC(=O)N2)c1nc(-c2ccccn2)no1. The van der Waals surface area contributed by atoms with Gasteiger partial charge in [-0.3, -0.25) is 9.78 Å². The van der Waals surface area contributed by atoms with Gasteiger partial charge < -0.3 is 9.84 Å². The fourth-order valence-electron chi connectivity index (χ4n) is 2.89. The molecule has 0 saturated carbocycles. The number of amides is 1. The van der Waals surface area contributed by atoms with E-state index in [1.54, 1.807) is 43.5 Å². The molecule has 144 valence electrons. The highest BCUT2D eigenvalue weighted by Crippen LogP contribution is 2.26. The zero-order valence-electron chi connectivity index (χ0n) is 14.9. The largest absolute Gasteiger partial charge is 0.337 e. The lowest BCUT2D eigenvalue weighted by Crippen LogP contribution is -2.27. The van der Waals surface area contributed by atoms with Gasteiger partial charge in [0.1, 0.15) is 5.69 Å². The van der Waals surface area contributed by atoms with E-state index in [0.29, 0.717) is 24.2 Å². The van der Waals surface area contributed by atoms with Gasteiger partial charge in [-0.05, 0) is 49.2 Å². The molecule has 0 unspecified atom stereocenters. The summed E-state index contributed by atoms with van der Waals surface area (Å²) in [5, 5.41) is 6.58. The van der Waals surface area contributed by atoms with Crippen molar-refractivity contribution in [3.8, 4) is 11.5 Å². The van der Waals surface area contributed by atoms with Crippen LogP contribution in [0.25, 0.3) is 11.5 Å². The lowest BCUT2D eigenvalue weighted by molar-refractivity contribution is -0.116. The molecule has 0 saturated heterocycles. The average molecular weight is 399 g/mol. The Morgan fingerprint density at radius 1 is 1.21 bits per heavy atom. The van der Waals surface area contributed by atoms with Gasteiger partial charge in [0.15, 0.2) is 0 Å². The summed E-state index contributed by atoms with van der Waals surface area (Å²) in [7, 11) is -3.82. The molecule has 28 heavy (non-hydrogen) atoms. The first kappa shape index (κ1) is 18.3. The Kier molecular flexibility index (Phi) is 4.65. The zero-order chi connectivity index (χ0) is 19.7. The van der Waals surface area contributed by atoms with Crippen LogP contribution in [0.2, 0.25) is 0 Å². The zero-order valence-corrected chi connectivity index (χ0v) is 15.7. The number of aromatic nitrogens is 3. The smallest absolute Gasteiger partial charge is 0.244 e. The van der Waals surface area contributed by atoms with Crippen LogP contribution in [0.15, 0.2) is 52.0 Å². The van der Waals surface area contributed by atoms with Crippen molar-refractivity contribution in [3.05, 3.63) is 54.0 Å². The maximum Gasteiger partial charge on any atom is 0.244 e. The molecule has 1 aliphatic heterocycles. The Balaban J connectivity index is 1.53. The van der Waals surface area contributed by atoms with E-state index in [2.05, 4.69) is 25.2 Å². The third-order valence-electron chi connectivity index (χ3n) is 4.32. The van der Waals surface area contributed by atoms with Crippen molar-refractivity contribution in [2.24, 2.45) is 0 Å². The van der Waals surface area contributed by atoms with Gasteiger partial charge in [0.25, 0.3) is 0 Å². The molecule has 10 heteroatoms. The number of hydrogen-bond acceptors (Lipinski definition) is 7. The Morgan fingerprint density at radius 2 is 2.07 bits per heavy atom. The minimum absolute atomic E-state index is 0.0741. The molecule has 2 N–H and O–H groups in total. The fourth-order valence-corrected chi connectivity index (χ4v) is 4.14. The van der Waals surface area contributed by atoms with E-state index < -0.39 is 16.1 Å². The van der Waals surface area contributed by atoms with Gasteiger partial charge in [-0.25, -0.2) is 8.42 Å². The normalized spacial score (nSPS) is 15.0. The van der Waals surface area contributed by atoms with Crippen molar-refractivity contribution < 1.29 is 17.7 Å². The Morgan fingerprint density at radius 3 is 2.86 bits per heavy atom. The number of nitrogens with zero attached hydrogens (tertiary/aromatic N) is 3. The van der Waals surface area contributed by atoms with Gasteiger partial charge in [0.2, 0.25) is 27.6 Å². The van der Waals surface area contributed by atoms with Gasteiger partial charge in [-0.2, -0.15) is 9.71 Å². The monoisotopic (exact) mass is 399 g/mol. The van der Waals surface area contributed by atoms with Gasteiger partial charge in [0, 0.05) is 18.3 Å². The molecule has 0 fully saturated rings. The molecular weight excluding hydrogens is 382 g/mol. The molecule has 4 rings (SSSR count). The second-order valence-corrected chi connectivity index (χ2v) is 8.10. The molecule has 0 bridgehead atoms. The molecule has 1 atom stereocenters. The van der Waals surface area contributed by atoms with Crippen LogP contribution >= 0.6 is 0 Å². The molecule has 1 amide bonds. The van der Waals surface area contributed by atoms with E-state index in [0.717, 1.165) is 5.56 Å². The Labute approximate surface area is 161 Å². The number of carbonyl (C=O) groups excluding carboxylic acids is 1. The van der Waals surface area contributed by atoms with Crippen LogP contribution < -0.4 is 10.0 Å². The summed E-state index contributed by atoms with van der Waals surface area (Å²) in [6, 6.07) is 9.18. The van der Waals surface area contributed by atoms with Gasteiger partial charge in [-0.1, -0.05) is 11.2 Å². The van der Waals surface area contributed by atoms with Crippen molar-refractivity contribution in [1.29, 1.82) is 0 Å². The number of aryl methyl sites for hydroxylation is 1. The highest BCUT2D eigenvalue weighted by molar-refractivity contribution is 7.89. The topological polar surface area (TPSA) is 127 Å². The molecule has 3 heterocycles. The first-order chi connectivity index (χ1) is 13.4. The molecule has 0 spiro atoms. The molecule has 0 radical (unpaired) electrons. The summed E-state index contributed by atoms with van der Waals surface area (Å²) in [5.74, 6) is 0.343. The van der Waals surface area contributed by atoms with Crippen molar-refractivity contribution >= 4 is 21.6 Å². The van der Waals surface area contributed by atoms with Crippen molar-refractivity contribution in [2.45, 2.75) is 30.7 Å². The number of rotatable bonds is 5. The summed E-state index contributed by atoms with van der Waals surface area (Å²) in [4.78, 5) is 19.9. The summed E-state index contributed by atoms with van der Waals surface area (Å²) in [6.07, 6.45) is 2.44. The molecule has 1 aliphatic rings. The number of carbonyl (C=O) groups is 1. The van der Waals surface area contributed by atoms with Crippen LogP contribution in [-0.4, -0.2) is 29.4 Å². The number of hydrogen-bond donors (Lipinski definition) is 2. The lowest BCUT2D eigenvalue weighted by Gasteiger charge is -2.18. The summed E-state index contributed by atoms with van der Waals surface area (Å²) in [5.41, 5.74) is 1.95. The van der Waals surface area contributed by atoms with Gasteiger partial charge >= 0.3 is 0 Å². The quantitative estimate of drug-likeness (QED) is 0.672. The van der Waals surface area contributed by atoms with E-state index in [1.165, 1.54) is 6.07 Å². The number of sulfonamides is 1. The predicted octanol–water partition coefficient (Wildman–Crippen LogP) is 2.06. The van der Waals surface area contributed by atoms with Gasteiger partial charge in [-0.15, -0.1) is 0 Å². The summed E-state index contributed by atoms with van der Waals surface area (Å²) in [6.45, 7) is 1.62. The van der Waals surface area contributed by atoms with Crippen LogP contribution in [0.5, 0.6) is 0 Å². The number of nitrogens with one attached hydrogen (secondary N) is 2. The number of fused-ring (bicyclic) bond motifs is 1. The summed E-state index contributed by atoms with van der Waals surface area (Å²) < 4.78 is 33.2. The first-order valence-electron chi connectivity index (χ1n) is 8.62. The van der Waals surface area contributed by atoms with E-state index in [-0.39, 0.29) is 22.5 Å². The molecule has 0 aliphatic carbocycles. The third-order valence-corrected chi connectivity index (χ3v) is 5.86. The lowest BCUT2D eigenvalue weighted by atomic mass is 10.0. The van der Waals surface area contributed by atoms with E-state index >= 15 is 0 Å². The van der Waals surface area contributed by atoms with Crippen LogP contribution in [0, 0.1) is 0 Å². The highest BCUT2D eigenvalue weighted by atomic mass is 32.2. The minimum atomic E-state index is -3.82. The fraction of sp³-hybridized carbons (Fsp3) is 0.222. The third kappa shape index (κ3) is 3.64. The standard InChI is InChI=1S/C18H17N5O4S/c1-11(18-21-17(22-27-18)15-4-2-3-9-19-15)23-28(25,26)13-6-7-14-12(10-13)5-8-16(24)20-14/h2-4,6-7,9-11,23H,5,8H2,1H3,(H,20,24)/t11-/m0/s1. The molecule has 3 aromatic rings. The maximum absolute atomic E-state index is 12.7. The second-order valence-electron chi connectivity index (χ2n) is 6.38. The second kappa shape index (κ2) is 7.13. The van der Waals surface area contributed by atoms with E-state index in [1.807, 2.05) is 0 Å². The minimum Gasteiger partial charge on any atom is -0.337 e. The number of pyridine rings is 1. The highest BCUT2D eigenvalue weighted by Gasteiger charge is 2.24. The van der Waals surface area contributed by atoms with Crippen LogP contribution in [0.4, 0.5) is 5.69 Å². The van der Waals surface area contributed by atoms with Crippen LogP contribution in [-0.2, 0) is 21.2 Å². The van der Waals surface area contributed by atoms with Crippen molar-refractivity contribution in [3.63, 3.8) is 0 Å². The van der Waals surface area contributed by atoms with Crippen molar-refractivity contribution in [1.82, 2.24) is 19.8 Å². The van der Waals surface area contributed by atoms with Gasteiger partial charge in [0.05, 0.1) is 10.9 Å². The van der Waals surface area contributed by atoms with Crippen molar-refractivity contribution in [2.75, 3.05) is 5.32 Å². The molecular formula is C18H17N5O4S. The predicted molar refractivity (Wildman–Crippen MR) is 99.7 cm³/mol. The number of benzene rings is 1. The molecule has 9 nitrogen and oxygen atoms in total. The Hall–Kier alpha value is -3.11. The Bertz CT molecular complexity index is 1130. The summed E-state index contributed by atoms with van der Waals surface area (Å²) >= 11 is 0. The number of anilines is 1. The van der Waals surface area contributed by atoms with E-state index in [4.69, 9.17) is 4.52 Å². The molecule has 1 aromatic carbocycles. The van der Waals surface area contributed by atoms with Crippen LogP contribution in [0.3, 0.4) is 0 Å². The maximum atomic E-state index is 12.7. The van der Waals surface area contributed by atoms with E-state index in [9.17, 15) is 13.2 Å². The average Bonchev–Trinajstić information content (AvgIpc) is 3.18. The molecule has 2 aromatic heterocycles. The van der Waals surface area contributed by atoms with Crippen LogP contribution in [0.1, 0.15) is 30.8 Å².